The molecule has 1 aromatic heterocycles. The highest BCUT2D eigenvalue weighted by atomic mass is 16.5. The number of aromatic nitrogens is 1. The van der Waals surface area contributed by atoms with Gasteiger partial charge < -0.3 is 9.47 Å². The maximum absolute atomic E-state index is 13.4. The molecule has 0 radical (unpaired) electrons. The summed E-state index contributed by atoms with van der Waals surface area (Å²) >= 11 is 0. The van der Waals surface area contributed by atoms with E-state index >= 15 is 0 Å². The Hall–Kier alpha value is -3.99. The molecule has 0 saturated carbocycles. The van der Waals surface area contributed by atoms with Crippen LogP contribution in [0.3, 0.4) is 0 Å². The quantitative estimate of drug-likeness (QED) is 0.284. The topological polar surface area (TPSA) is 65.5 Å². The summed E-state index contributed by atoms with van der Waals surface area (Å²) in [5, 5.41) is 0.761. The number of ether oxygens (including phenoxy) is 2. The number of aryl methyl sites for hydroxylation is 1. The molecule has 1 heterocycles. The van der Waals surface area contributed by atoms with Crippen LogP contribution in [-0.2, 0) is 17.6 Å². The Labute approximate surface area is 198 Å². The van der Waals surface area contributed by atoms with E-state index in [4.69, 9.17) is 14.5 Å². The number of fused-ring (bicyclic) bond motifs is 2. The van der Waals surface area contributed by atoms with Crippen LogP contribution in [0.15, 0.2) is 78.9 Å². The zero-order valence-electron chi connectivity index (χ0n) is 19.0. The molecule has 0 amide bonds. The van der Waals surface area contributed by atoms with Gasteiger partial charge in [0.15, 0.2) is 12.4 Å². The number of pyridine rings is 1. The Balaban J connectivity index is 1.44. The van der Waals surface area contributed by atoms with Crippen LogP contribution >= 0.6 is 0 Å². The molecule has 34 heavy (non-hydrogen) atoms. The van der Waals surface area contributed by atoms with Crippen LogP contribution in [0.25, 0.3) is 10.9 Å². The number of nitrogens with zero attached hydrogens (tertiary/aromatic N) is 1. The molecule has 5 nitrogen and oxygen atoms in total. The molecule has 0 bridgehead atoms. The third kappa shape index (κ3) is 4.29. The second-order valence-electron chi connectivity index (χ2n) is 8.51. The molecule has 0 N–H and O–H groups in total. The summed E-state index contributed by atoms with van der Waals surface area (Å²) in [5.41, 5.74) is 4.91. The molecule has 1 aliphatic rings. The van der Waals surface area contributed by atoms with E-state index in [1.54, 1.807) is 31.4 Å². The molecule has 5 rings (SSSR count). The minimum atomic E-state index is -0.481. The van der Waals surface area contributed by atoms with Crippen LogP contribution in [0.1, 0.15) is 49.9 Å². The van der Waals surface area contributed by atoms with Gasteiger partial charge in [-0.2, -0.15) is 0 Å². The summed E-state index contributed by atoms with van der Waals surface area (Å²) in [5.74, 6) is 0.233. The normalized spacial score (nSPS) is 14.9. The number of Topliss-reactive ketones (excluding diaryl/α,β-unsaturated/α-hetero) is 1. The van der Waals surface area contributed by atoms with Crippen molar-refractivity contribution in [2.45, 2.75) is 25.2 Å². The lowest BCUT2D eigenvalue weighted by molar-refractivity contribution is 0.0475. The maximum atomic E-state index is 13.4. The van der Waals surface area contributed by atoms with Gasteiger partial charge in [0.25, 0.3) is 0 Å². The van der Waals surface area contributed by atoms with Crippen molar-refractivity contribution in [2.75, 3.05) is 13.7 Å². The van der Waals surface area contributed by atoms with Gasteiger partial charge >= 0.3 is 5.97 Å². The minimum absolute atomic E-state index is 0.259. The molecule has 170 valence electrons. The number of hydrogen-bond acceptors (Lipinski definition) is 5. The fraction of sp³-hybridized carbons (Fsp3) is 0.207. The van der Waals surface area contributed by atoms with Crippen LogP contribution in [0, 0.1) is 0 Å². The lowest BCUT2D eigenvalue weighted by Crippen LogP contribution is -2.21. The van der Waals surface area contributed by atoms with Crippen LogP contribution in [0.2, 0.25) is 0 Å². The van der Waals surface area contributed by atoms with Gasteiger partial charge in [0.1, 0.15) is 5.75 Å². The van der Waals surface area contributed by atoms with E-state index < -0.39 is 5.97 Å². The second kappa shape index (κ2) is 9.48. The van der Waals surface area contributed by atoms with Gasteiger partial charge in [0.2, 0.25) is 0 Å². The molecule has 0 saturated heterocycles. The van der Waals surface area contributed by atoms with Crippen molar-refractivity contribution < 1.29 is 19.1 Å². The van der Waals surface area contributed by atoms with Gasteiger partial charge in [0, 0.05) is 16.6 Å². The average Bonchev–Trinajstić information content (AvgIpc) is 2.90. The predicted octanol–water partition coefficient (Wildman–Crippen LogP) is 5.56. The number of rotatable bonds is 6. The van der Waals surface area contributed by atoms with Crippen molar-refractivity contribution in [3.8, 4) is 5.75 Å². The van der Waals surface area contributed by atoms with Gasteiger partial charge in [-0.3, -0.25) is 9.78 Å². The fourth-order valence-electron chi connectivity index (χ4n) is 4.69. The third-order valence-corrected chi connectivity index (χ3v) is 6.48. The van der Waals surface area contributed by atoms with Crippen LogP contribution < -0.4 is 4.74 Å². The van der Waals surface area contributed by atoms with E-state index in [1.165, 1.54) is 5.56 Å². The number of carbonyl (C=O) groups excluding carboxylic acids is 2. The Bertz CT molecular complexity index is 1350. The first-order valence-corrected chi connectivity index (χ1v) is 11.4. The minimum Gasteiger partial charge on any atom is -0.497 e. The van der Waals surface area contributed by atoms with Crippen molar-refractivity contribution in [2.24, 2.45) is 0 Å². The second-order valence-corrected chi connectivity index (χ2v) is 8.51. The van der Waals surface area contributed by atoms with Crippen LogP contribution in [-0.4, -0.2) is 30.5 Å². The van der Waals surface area contributed by atoms with Crippen molar-refractivity contribution in [3.05, 3.63) is 107 Å². The Morgan fingerprint density at radius 3 is 2.44 bits per heavy atom. The number of esters is 1. The molecule has 3 aromatic carbocycles. The Morgan fingerprint density at radius 1 is 0.941 bits per heavy atom. The lowest BCUT2D eigenvalue weighted by Gasteiger charge is -2.26. The van der Waals surface area contributed by atoms with Crippen molar-refractivity contribution >= 4 is 22.7 Å². The van der Waals surface area contributed by atoms with Gasteiger partial charge in [0.05, 0.1) is 18.2 Å². The summed E-state index contributed by atoms with van der Waals surface area (Å²) in [4.78, 5) is 30.9. The first-order valence-electron chi connectivity index (χ1n) is 11.4. The molecule has 1 aliphatic carbocycles. The molecule has 0 aliphatic heterocycles. The van der Waals surface area contributed by atoms with E-state index in [0.717, 1.165) is 35.0 Å². The van der Waals surface area contributed by atoms with Crippen molar-refractivity contribution in [1.82, 2.24) is 4.98 Å². The highest BCUT2D eigenvalue weighted by molar-refractivity contribution is 6.06. The summed E-state index contributed by atoms with van der Waals surface area (Å²) in [7, 11) is 1.57. The molecular weight excluding hydrogens is 426 g/mol. The van der Waals surface area contributed by atoms with E-state index in [1.807, 2.05) is 42.5 Å². The van der Waals surface area contributed by atoms with E-state index in [2.05, 4.69) is 12.1 Å². The smallest absolute Gasteiger partial charge is 0.339 e. The van der Waals surface area contributed by atoms with Gasteiger partial charge in [-0.25, -0.2) is 4.79 Å². The van der Waals surface area contributed by atoms with E-state index in [-0.39, 0.29) is 12.4 Å². The standard InChI is InChI=1S/C29H25NO4/c1-33-22-14-11-20(12-15-22)27(31)18-34-29(32)28-23-9-5-6-10-25(23)30-26-16-13-21(17-24(26)28)19-7-3-2-4-8-19/h2-12,14-15,21H,13,16-18H2,1H3/t21-/m0/s1. The highest BCUT2D eigenvalue weighted by Gasteiger charge is 2.28. The van der Waals surface area contributed by atoms with Gasteiger partial charge in [-0.15, -0.1) is 0 Å². The third-order valence-electron chi connectivity index (χ3n) is 6.48. The Morgan fingerprint density at radius 2 is 1.68 bits per heavy atom. The van der Waals surface area contributed by atoms with Crippen LogP contribution in [0.5, 0.6) is 5.75 Å². The molecule has 0 unspecified atom stereocenters. The number of carbonyl (C=O) groups is 2. The summed E-state index contributed by atoms with van der Waals surface area (Å²) in [6.45, 7) is -0.321. The predicted molar refractivity (Wildman–Crippen MR) is 131 cm³/mol. The molecule has 0 fully saturated rings. The molecule has 5 heteroatoms. The first-order chi connectivity index (χ1) is 16.6. The number of para-hydroxylation sites is 1. The Kier molecular flexibility index (Phi) is 6.09. The fourth-order valence-corrected chi connectivity index (χ4v) is 4.69. The monoisotopic (exact) mass is 451 g/mol. The van der Waals surface area contributed by atoms with Gasteiger partial charge in [-0.1, -0.05) is 48.5 Å². The zero-order chi connectivity index (χ0) is 23.5. The average molecular weight is 452 g/mol. The molecule has 0 spiro atoms. The summed E-state index contributed by atoms with van der Waals surface area (Å²) in [6, 6.07) is 24.8. The number of benzene rings is 3. The zero-order valence-corrected chi connectivity index (χ0v) is 19.0. The van der Waals surface area contributed by atoms with Gasteiger partial charge in [-0.05, 0) is 66.6 Å². The van der Waals surface area contributed by atoms with E-state index in [0.29, 0.717) is 29.2 Å². The highest BCUT2D eigenvalue weighted by Crippen LogP contribution is 2.36. The SMILES string of the molecule is COc1ccc(C(=O)COC(=O)c2c3c(nc4ccccc24)CC[C@H](c2ccccc2)C3)cc1. The van der Waals surface area contributed by atoms with Crippen molar-refractivity contribution in [1.29, 1.82) is 0 Å². The first kappa shape index (κ1) is 21.8. The molecule has 1 atom stereocenters. The summed E-state index contributed by atoms with van der Waals surface area (Å²) < 4.78 is 10.7. The maximum Gasteiger partial charge on any atom is 0.339 e. The summed E-state index contributed by atoms with van der Waals surface area (Å²) in [6.07, 6.45) is 2.49. The molecule has 4 aromatic rings. The largest absolute Gasteiger partial charge is 0.497 e. The lowest BCUT2D eigenvalue weighted by atomic mass is 9.80. The number of methoxy groups -OCH3 is 1. The van der Waals surface area contributed by atoms with Crippen LogP contribution in [0.4, 0.5) is 0 Å². The molecular formula is C29H25NO4. The number of ketones is 1. The van der Waals surface area contributed by atoms with Crippen molar-refractivity contribution in [3.63, 3.8) is 0 Å². The number of hydrogen-bond donors (Lipinski definition) is 0. The van der Waals surface area contributed by atoms with E-state index in [9.17, 15) is 9.59 Å².